The molecule has 0 saturated carbocycles. The minimum Gasteiger partial charge on any atom is -0.310 e. The number of thiophene rings is 1. The quantitative estimate of drug-likeness (QED) is 0.602. The third-order valence-electron chi connectivity index (χ3n) is 4.41. The predicted octanol–water partition coefficient (Wildman–Crippen LogP) is 5.00. The first-order chi connectivity index (χ1) is 12.8. The third kappa shape index (κ3) is 3.16. The Hall–Kier alpha value is -2.22. The summed E-state index contributed by atoms with van der Waals surface area (Å²) in [4.78, 5) is 25.4. The number of hydrogen-bond acceptors (Lipinski definition) is 4. The molecule has 0 bridgehead atoms. The zero-order valence-electron chi connectivity index (χ0n) is 13.9. The standard InChI is InChI=1S/C18H12Cl2FN3O2S/c1-8-15-11(16(26)12-6-13(19)27-17(12)20)7-14(25)22-18(15)24(23-8)10-4-2-9(21)3-5-10/h2-6,11H,7H2,1H3,(H,22,25). The lowest BCUT2D eigenvalue weighted by Gasteiger charge is -2.23. The van der Waals surface area contributed by atoms with E-state index < -0.39 is 5.92 Å². The molecule has 1 aliphatic rings. The first kappa shape index (κ1) is 18.2. The summed E-state index contributed by atoms with van der Waals surface area (Å²) in [5, 5.41) is 7.23. The predicted molar refractivity (Wildman–Crippen MR) is 103 cm³/mol. The monoisotopic (exact) mass is 423 g/mol. The topological polar surface area (TPSA) is 64.0 Å². The van der Waals surface area contributed by atoms with Crippen LogP contribution < -0.4 is 5.32 Å². The third-order valence-corrected chi connectivity index (χ3v) is 5.90. The number of Topliss-reactive ketones (excluding diaryl/α,β-unsaturated/α-hetero) is 1. The van der Waals surface area contributed by atoms with E-state index in [1.165, 1.54) is 22.9 Å². The fraction of sp³-hybridized carbons (Fsp3) is 0.167. The number of anilines is 1. The van der Waals surface area contributed by atoms with E-state index in [-0.39, 0.29) is 23.9 Å². The number of fused-ring (bicyclic) bond motifs is 1. The fourth-order valence-corrected chi connectivity index (χ4v) is 4.71. The Balaban J connectivity index is 1.83. The number of carbonyl (C=O) groups excluding carboxylic acids is 2. The summed E-state index contributed by atoms with van der Waals surface area (Å²) >= 11 is 13.2. The molecule has 0 fully saturated rings. The van der Waals surface area contributed by atoms with Crippen molar-refractivity contribution in [3.8, 4) is 5.69 Å². The number of rotatable bonds is 3. The van der Waals surface area contributed by atoms with Crippen molar-refractivity contribution in [3.63, 3.8) is 0 Å². The summed E-state index contributed by atoms with van der Waals surface area (Å²) in [7, 11) is 0. The number of aromatic nitrogens is 2. The second kappa shape index (κ2) is 6.74. The molecule has 27 heavy (non-hydrogen) atoms. The van der Waals surface area contributed by atoms with Crippen LogP contribution in [0.1, 0.15) is 34.0 Å². The summed E-state index contributed by atoms with van der Waals surface area (Å²) in [6.07, 6.45) is -0.00835. The second-order valence-electron chi connectivity index (χ2n) is 6.14. The van der Waals surface area contributed by atoms with Gasteiger partial charge in [0.2, 0.25) is 5.91 Å². The maximum absolute atomic E-state index is 13.2. The Labute approximate surface area is 167 Å². The highest BCUT2D eigenvalue weighted by molar-refractivity contribution is 7.20. The van der Waals surface area contributed by atoms with E-state index in [2.05, 4.69) is 10.4 Å². The normalized spacial score (nSPS) is 16.1. The maximum atomic E-state index is 13.2. The van der Waals surface area contributed by atoms with Crippen molar-refractivity contribution in [2.45, 2.75) is 19.3 Å². The van der Waals surface area contributed by atoms with Crippen LogP contribution in [0.15, 0.2) is 30.3 Å². The molecule has 1 amide bonds. The highest BCUT2D eigenvalue weighted by atomic mass is 35.5. The van der Waals surface area contributed by atoms with Gasteiger partial charge in [0.25, 0.3) is 0 Å². The molecule has 4 rings (SSSR count). The molecule has 1 aromatic carbocycles. The zero-order chi connectivity index (χ0) is 19.3. The Kier molecular flexibility index (Phi) is 4.53. The van der Waals surface area contributed by atoms with Gasteiger partial charge < -0.3 is 5.32 Å². The molecular weight excluding hydrogens is 412 g/mol. The molecular formula is C18H12Cl2FN3O2S. The minimum atomic E-state index is -0.717. The van der Waals surface area contributed by atoms with Crippen LogP contribution in [0.5, 0.6) is 0 Å². The van der Waals surface area contributed by atoms with Crippen molar-refractivity contribution < 1.29 is 14.0 Å². The lowest BCUT2D eigenvalue weighted by molar-refractivity contribution is -0.116. The molecule has 5 nitrogen and oxygen atoms in total. The lowest BCUT2D eigenvalue weighted by Crippen LogP contribution is -2.28. The number of carbonyl (C=O) groups is 2. The van der Waals surface area contributed by atoms with E-state index in [4.69, 9.17) is 23.2 Å². The van der Waals surface area contributed by atoms with Gasteiger partial charge in [0.15, 0.2) is 5.78 Å². The van der Waals surface area contributed by atoms with E-state index in [0.717, 1.165) is 11.3 Å². The van der Waals surface area contributed by atoms with Crippen molar-refractivity contribution in [3.05, 3.63) is 61.6 Å². The number of aryl methyl sites for hydroxylation is 1. The van der Waals surface area contributed by atoms with E-state index >= 15 is 0 Å². The van der Waals surface area contributed by atoms with Gasteiger partial charge in [-0.15, -0.1) is 11.3 Å². The molecule has 0 radical (unpaired) electrons. The van der Waals surface area contributed by atoms with Crippen LogP contribution in [0.2, 0.25) is 8.67 Å². The van der Waals surface area contributed by atoms with E-state index in [9.17, 15) is 14.0 Å². The summed E-state index contributed by atoms with van der Waals surface area (Å²) in [5.41, 5.74) is 2.10. The van der Waals surface area contributed by atoms with Gasteiger partial charge in [0.1, 0.15) is 16.0 Å². The van der Waals surface area contributed by atoms with Gasteiger partial charge in [0.05, 0.1) is 21.6 Å². The van der Waals surface area contributed by atoms with Crippen LogP contribution in [0.25, 0.3) is 5.69 Å². The maximum Gasteiger partial charge on any atom is 0.226 e. The Morgan fingerprint density at radius 1 is 1.33 bits per heavy atom. The summed E-state index contributed by atoms with van der Waals surface area (Å²) in [5.74, 6) is -1.27. The first-order valence-electron chi connectivity index (χ1n) is 7.99. The molecule has 1 unspecified atom stereocenters. The molecule has 1 atom stereocenters. The van der Waals surface area contributed by atoms with Gasteiger partial charge in [-0.25, -0.2) is 9.07 Å². The van der Waals surface area contributed by atoms with E-state index in [1.807, 2.05) is 0 Å². The molecule has 3 heterocycles. The van der Waals surface area contributed by atoms with Crippen molar-refractivity contribution in [2.24, 2.45) is 0 Å². The number of nitrogens with one attached hydrogen (secondary N) is 1. The molecule has 2 aromatic heterocycles. The molecule has 138 valence electrons. The minimum absolute atomic E-state index is 0.00835. The number of nitrogens with zero attached hydrogens (tertiary/aromatic N) is 2. The Bertz CT molecular complexity index is 1080. The van der Waals surface area contributed by atoms with Gasteiger partial charge >= 0.3 is 0 Å². The molecule has 9 heteroatoms. The number of benzene rings is 1. The average molecular weight is 424 g/mol. The highest BCUT2D eigenvalue weighted by Crippen LogP contribution is 2.41. The van der Waals surface area contributed by atoms with Gasteiger partial charge in [-0.3, -0.25) is 9.59 Å². The number of hydrogen-bond donors (Lipinski definition) is 1. The van der Waals surface area contributed by atoms with Crippen LogP contribution in [-0.2, 0) is 4.79 Å². The van der Waals surface area contributed by atoms with Gasteiger partial charge in [-0.05, 0) is 37.3 Å². The average Bonchev–Trinajstić information content (AvgIpc) is 3.13. The van der Waals surface area contributed by atoms with Crippen LogP contribution in [0, 0.1) is 12.7 Å². The van der Waals surface area contributed by atoms with Crippen molar-refractivity contribution in [1.82, 2.24) is 9.78 Å². The summed E-state index contributed by atoms with van der Waals surface area (Å²) in [6.45, 7) is 1.76. The van der Waals surface area contributed by atoms with Crippen molar-refractivity contribution >= 4 is 52.0 Å². The molecule has 3 aromatic rings. The Morgan fingerprint density at radius 2 is 2.04 bits per heavy atom. The fourth-order valence-electron chi connectivity index (χ4n) is 3.24. The zero-order valence-corrected chi connectivity index (χ0v) is 16.3. The van der Waals surface area contributed by atoms with Gasteiger partial charge in [-0.2, -0.15) is 5.10 Å². The van der Waals surface area contributed by atoms with E-state index in [1.54, 1.807) is 19.1 Å². The van der Waals surface area contributed by atoms with Crippen molar-refractivity contribution in [2.75, 3.05) is 5.32 Å². The lowest BCUT2D eigenvalue weighted by atomic mass is 9.86. The van der Waals surface area contributed by atoms with Crippen LogP contribution in [0.3, 0.4) is 0 Å². The smallest absolute Gasteiger partial charge is 0.226 e. The molecule has 0 spiro atoms. The number of amides is 1. The van der Waals surface area contributed by atoms with Crippen molar-refractivity contribution in [1.29, 1.82) is 0 Å². The van der Waals surface area contributed by atoms with Gasteiger partial charge in [0, 0.05) is 17.5 Å². The molecule has 0 aliphatic carbocycles. The summed E-state index contributed by atoms with van der Waals surface area (Å²) in [6, 6.07) is 7.23. The number of ketones is 1. The highest BCUT2D eigenvalue weighted by Gasteiger charge is 2.37. The van der Waals surface area contributed by atoms with Crippen LogP contribution in [-0.4, -0.2) is 21.5 Å². The van der Waals surface area contributed by atoms with Gasteiger partial charge in [-0.1, -0.05) is 23.2 Å². The largest absolute Gasteiger partial charge is 0.310 e. The number of halogens is 3. The first-order valence-corrected chi connectivity index (χ1v) is 9.56. The van der Waals surface area contributed by atoms with Crippen LogP contribution >= 0.6 is 34.5 Å². The second-order valence-corrected chi connectivity index (χ2v) is 8.43. The molecule has 0 saturated heterocycles. The SMILES string of the molecule is Cc1nn(-c2ccc(F)cc2)c2c1C(C(=O)c1cc(Cl)sc1Cl)CC(=O)N2. The van der Waals surface area contributed by atoms with Crippen LogP contribution in [0.4, 0.5) is 10.2 Å². The molecule has 1 aliphatic heterocycles. The van der Waals surface area contributed by atoms with E-state index in [0.29, 0.717) is 37.0 Å². The summed E-state index contributed by atoms with van der Waals surface area (Å²) < 4.78 is 15.4. The molecule has 1 N–H and O–H groups in total. The Morgan fingerprint density at radius 3 is 2.67 bits per heavy atom.